The van der Waals surface area contributed by atoms with Crippen LogP contribution in [0.15, 0.2) is 66.0 Å². The maximum atomic E-state index is 6.05. The second-order valence-corrected chi connectivity index (χ2v) is 6.28. The van der Waals surface area contributed by atoms with Gasteiger partial charge in [0.15, 0.2) is 5.16 Å². The topological polar surface area (TPSA) is 53.1 Å². The van der Waals surface area contributed by atoms with Gasteiger partial charge in [-0.1, -0.05) is 65.8 Å². The average Bonchev–Trinajstić information content (AvgIpc) is 2.95. The summed E-state index contributed by atoms with van der Waals surface area (Å²) in [6.45, 7) is 0.530. The molecule has 1 aromatic heterocycles. The summed E-state index contributed by atoms with van der Waals surface area (Å²) < 4.78 is 7.20. The number of imidazole rings is 1. The minimum Gasteiger partial charge on any atom is -0.491 e. The molecular formula is C17H16ClN3OS. The van der Waals surface area contributed by atoms with Gasteiger partial charge in [0.25, 0.3) is 0 Å². The number of hydrogen-bond donors (Lipinski definition) is 1. The fourth-order valence-corrected chi connectivity index (χ4v) is 2.98. The molecule has 0 aliphatic carbocycles. The summed E-state index contributed by atoms with van der Waals surface area (Å²) in [5, 5.41) is 1.37. The molecule has 3 aromatic rings. The van der Waals surface area contributed by atoms with Crippen molar-refractivity contribution >= 4 is 23.4 Å². The van der Waals surface area contributed by atoms with Gasteiger partial charge in [0.1, 0.15) is 5.75 Å². The molecule has 0 saturated carbocycles. The van der Waals surface area contributed by atoms with Crippen LogP contribution < -0.4 is 10.6 Å². The molecule has 0 amide bonds. The molecule has 0 unspecified atom stereocenters. The summed E-state index contributed by atoms with van der Waals surface area (Å²) in [6, 6.07) is 17.4. The van der Waals surface area contributed by atoms with E-state index in [1.54, 1.807) is 16.4 Å². The average molecular weight is 346 g/mol. The molecule has 6 heteroatoms. The van der Waals surface area contributed by atoms with E-state index in [-0.39, 0.29) is 0 Å². The Hall–Kier alpha value is -2.11. The van der Waals surface area contributed by atoms with E-state index < -0.39 is 0 Å². The molecule has 0 atom stereocenters. The van der Waals surface area contributed by atoms with Crippen LogP contribution in [0.2, 0.25) is 5.02 Å². The number of halogens is 1. The number of hydrogen-bond acceptors (Lipinski definition) is 4. The zero-order chi connectivity index (χ0) is 16.1. The van der Waals surface area contributed by atoms with Crippen molar-refractivity contribution in [2.45, 2.75) is 5.16 Å². The number of nitrogens with two attached hydrogens (primary N) is 1. The molecule has 0 radical (unpaired) electrons. The Morgan fingerprint density at radius 2 is 1.83 bits per heavy atom. The first-order chi connectivity index (χ1) is 11.2. The Morgan fingerprint density at radius 3 is 2.61 bits per heavy atom. The lowest BCUT2D eigenvalue weighted by molar-refractivity contribution is 0.344. The van der Waals surface area contributed by atoms with Gasteiger partial charge >= 0.3 is 0 Å². The monoisotopic (exact) mass is 345 g/mol. The highest BCUT2D eigenvalue weighted by Crippen LogP contribution is 2.25. The van der Waals surface area contributed by atoms with Crippen LogP contribution in [0.4, 0.5) is 0 Å². The van der Waals surface area contributed by atoms with Crippen LogP contribution in [0.3, 0.4) is 0 Å². The Balaban J connectivity index is 1.57. The van der Waals surface area contributed by atoms with Crippen LogP contribution in [0.1, 0.15) is 0 Å². The number of benzene rings is 2. The van der Waals surface area contributed by atoms with Gasteiger partial charge in [-0.2, -0.15) is 0 Å². The lowest BCUT2D eigenvalue weighted by Gasteiger charge is -2.07. The molecule has 1 heterocycles. The smallest absolute Gasteiger partial charge is 0.187 e. The molecule has 0 fully saturated rings. The van der Waals surface area contributed by atoms with Crippen molar-refractivity contribution in [1.29, 1.82) is 0 Å². The standard InChI is InChI=1S/C17H16ClN3OS/c18-14-8-4-5-9-16(14)22-10-11-23-17-20-15(12-21(17)19)13-6-2-1-3-7-13/h1-9,12H,10-11,19H2. The molecule has 2 aromatic carbocycles. The number of rotatable bonds is 6. The summed E-state index contributed by atoms with van der Waals surface area (Å²) in [7, 11) is 0. The van der Waals surface area contributed by atoms with Crippen molar-refractivity contribution in [3.8, 4) is 17.0 Å². The van der Waals surface area contributed by atoms with E-state index in [2.05, 4.69) is 4.98 Å². The molecule has 0 aliphatic heterocycles. The van der Waals surface area contributed by atoms with E-state index in [4.69, 9.17) is 22.2 Å². The third kappa shape index (κ3) is 4.00. The minimum absolute atomic E-state index is 0.530. The molecule has 118 valence electrons. The fraction of sp³-hybridized carbons (Fsp3) is 0.118. The first-order valence-electron chi connectivity index (χ1n) is 7.14. The Labute approximate surface area is 144 Å². The Kier molecular flexibility index (Phi) is 5.10. The van der Waals surface area contributed by atoms with Gasteiger partial charge in [0.2, 0.25) is 0 Å². The zero-order valence-electron chi connectivity index (χ0n) is 12.4. The summed E-state index contributed by atoms with van der Waals surface area (Å²) in [5.41, 5.74) is 1.91. The lowest BCUT2D eigenvalue weighted by Crippen LogP contribution is -2.09. The maximum absolute atomic E-state index is 6.05. The summed E-state index contributed by atoms with van der Waals surface area (Å²) >= 11 is 7.59. The molecule has 4 nitrogen and oxygen atoms in total. The minimum atomic E-state index is 0.530. The summed E-state index contributed by atoms with van der Waals surface area (Å²) in [6.07, 6.45) is 1.83. The van der Waals surface area contributed by atoms with Gasteiger partial charge in [-0.3, -0.25) is 0 Å². The number of nitrogens with zero attached hydrogens (tertiary/aromatic N) is 2. The van der Waals surface area contributed by atoms with Gasteiger partial charge in [0.05, 0.1) is 23.5 Å². The highest BCUT2D eigenvalue weighted by atomic mass is 35.5. The normalized spacial score (nSPS) is 10.7. The van der Waals surface area contributed by atoms with E-state index in [9.17, 15) is 0 Å². The first kappa shape index (κ1) is 15.8. The van der Waals surface area contributed by atoms with E-state index in [0.29, 0.717) is 17.4 Å². The Morgan fingerprint density at radius 1 is 1.09 bits per heavy atom. The first-order valence-corrected chi connectivity index (χ1v) is 8.50. The van der Waals surface area contributed by atoms with Gasteiger partial charge in [0, 0.05) is 11.3 Å². The molecule has 3 rings (SSSR count). The van der Waals surface area contributed by atoms with Gasteiger partial charge < -0.3 is 10.6 Å². The van der Waals surface area contributed by atoms with Gasteiger partial charge in [-0.15, -0.1) is 0 Å². The van der Waals surface area contributed by atoms with Crippen LogP contribution in [0, 0.1) is 0 Å². The van der Waals surface area contributed by atoms with E-state index >= 15 is 0 Å². The molecule has 0 spiro atoms. The third-order valence-electron chi connectivity index (χ3n) is 3.18. The maximum Gasteiger partial charge on any atom is 0.187 e. The predicted octanol–water partition coefficient (Wildman–Crippen LogP) is 4.09. The van der Waals surface area contributed by atoms with Crippen LogP contribution in [-0.2, 0) is 0 Å². The van der Waals surface area contributed by atoms with Gasteiger partial charge in [-0.25, -0.2) is 9.66 Å². The van der Waals surface area contributed by atoms with Gasteiger partial charge in [-0.05, 0) is 12.1 Å². The van der Waals surface area contributed by atoms with Crippen molar-refractivity contribution in [3.05, 3.63) is 65.8 Å². The summed E-state index contributed by atoms with van der Waals surface area (Å²) in [5.74, 6) is 7.39. The number of thioether (sulfide) groups is 1. The molecule has 0 saturated heterocycles. The Bertz CT molecular complexity index is 777. The molecule has 23 heavy (non-hydrogen) atoms. The van der Waals surface area contributed by atoms with Crippen molar-refractivity contribution in [2.75, 3.05) is 18.2 Å². The zero-order valence-corrected chi connectivity index (χ0v) is 13.9. The largest absolute Gasteiger partial charge is 0.491 e. The SMILES string of the molecule is Nn1cc(-c2ccccc2)nc1SCCOc1ccccc1Cl. The van der Waals surface area contributed by atoms with Crippen molar-refractivity contribution in [2.24, 2.45) is 0 Å². The van der Waals surface area contributed by atoms with Crippen LogP contribution in [-0.4, -0.2) is 22.0 Å². The van der Waals surface area contributed by atoms with Crippen molar-refractivity contribution in [1.82, 2.24) is 9.66 Å². The number of para-hydroxylation sites is 1. The van der Waals surface area contributed by atoms with Crippen LogP contribution in [0.5, 0.6) is 5.75 Å². The van der Waals surface area contributed by atoms with E-state index in [1.807, 2.05) is 60.8 Å². The molecule has 0 aliphatic rings. The number of ether oxygens (including phenoxy) is 1. The molecule has 2 N–H and O–H groups in total. The quantitative estimate of drug-likeness (QED) is 0.415. The van der Waals surface area contributed by atoms with Crippen molar-refractivity contribution in [3.63, 3.8) is 0 Å². The molecule has 0 bridgehead atoms. The van der Waals surface area contributed by atoms with E-state index in [0.717, 1.165) is 22.2 Å². The number of nitrogen functional groups attached to an aromatic ring is 1. The second-order valence-electron chi connectivity index (χ2n) is 4.81. The highest BCUT2D eigenvalue weighted by Gasteiger charge is 2.08. The van der Waals surface area contributed by atoms with E-state index in [1.165, 1.54) is 0 Å². The van der Waals surface area contributed by atoms with Crippen LogP contribution >= 0.6 is 23.4 Å². The summed E-state index contributed by atoms with van der Waals surface area (Å²) in [4.78, 5) is 4.56. The van der Waals surface area contributed by atoms with Crippen LogP contribution in [0.25, 0.3) is 11.3 Å². The predicted molar refractivity (Wildman–Crippen MR) is 95.5 cm³/mol. The number of aromatic nitrogens is 2. The third-order valence-corrected chi connectivity index (χ3v) is 4.42. The highest BCUT2D eigenvalue weighted by molar-refractivity contribution is 7.99. The lowest BCUT2D eigenvalue weighted by atomic mass is 10.2. The fourth-order valence-electron chi connectivity index (χ4n) is 2.08. The second kappa shape index (κ2) is 7.44. The molecular weight excluding hydrogens is 330 g/mol. The van der Waals surface area contributed by atoms with Crippen molar-refractivity contribution < 1.29 is 4.74 Å².